The van der Waals surface area contributed by atoms with Crippen LogP contribution < -0.4 is 42.3 Å². The van der Waals surface area contributed by atoms with Crippen LogP contribution in [0.15, 0.2) is 255 Å². The van der Waals surface area contributed by atoms with Crippen LogP contribution >= 0.6 is 0 Å². The van der Waals surface area contributed by atoms with Gasteiger partial charge in [-0.25, -0.2) is 0 Å². The van der Waals surface area contributed by atoms with Crippen LogP contribution in [0.3, 0.4) is 0 Å². The van der Waals surface area contributed by atoms with Crippen LogP contribution in [0.4, 0.5) is 0 Å². The Morgan fingerprint density at radius 1 is 0.269 bits per heavy atom. The number of ether oxygens (including phenoxy) is 2. The van der Waals surface area contributed by atoms with Gasteiger partial charge >= 0.3 is 0 Å². The molecule has 6 heterocycles. The van der Waals surface area contributed by atoms with Crippen LogP contribution in [0, 0.1) is 0 Å². The number of hydrogen-bond donors (Lipinski definition) is 0. The van der Waals surface area contributed by atoms with E-state index in [1.807, 2.05) is 0 Å². The van der Waals surface area contributed by atoms with Gasteiger partial charge in [0, 0.05) is 37.7 Å². The molecule has 0 atom stereocenters. The van der Waals surface area contributed by atoms with E-state index < -0.39 is 0 Å². The van der Waals surface area contributed by atoms with Crippen molar-refractivity contribution in [1.29, 1.82) is 0 Å². The molecule has 2 aliphatic heterocycles. The van der Waals surface area contributed by atoms with E-state index in [0.29, 0.717) is 0 Å². The lowest BCUT2D eigenvalue weighted by Crippen LogP contribution is -2.55. The maximum absolute atomic E-state index is 7.11. The molecule has 2 aliphatic rings. The van der Waals surface area contributed by atoms with E-state index in [-0.39, 0.29) is 13.4 Å². The van der Waals surface area contributed by atoms with Crippen molar-refractivity contribution in [3.63, 3.8) is 0 Å². The third kappa shape index (κ3) is 5.65. The summed E-state index contributed by atoms with van der Waals surface area (Å²) in [6.45, 7) is -0.125. The highest BCUT2D eigenvalue weighted by Crippen LogP contribution is 2.46. The SMILES string of the molecule is c1ccc(-c2ccccc2B2c3ccccc3Oc3cc4c5ccc(-c6ccc(-c7ccccc7B7c8ccccc8Oc8c7cc7c9ccccc9n9c%10ccccc%10c8c79)cc6)cc5n5c6ccccc6c(c32)c45)cc1. The summed E-state index contributed by atoms with van der Waals surface area (Å²) < 4.78 is 19.1. The molecule has 358 valence electrons. The van der Waals surface area contributed by atoms with E-state index in [4.69, 9.17) is 9.47 Å². The minimum absolute atomic E-state index is 0.0574. The molecule has 0 N–H and O–H groups in total. The molecule has 18 rings (SSSR count). The van der Waals surface area contributed by atoms with Gasteiger partial charge in [-0.05, 0) is 97.7 Å². The second kappa shape index (κ2) is 15.8. The lowest BCUT2D eigenvalue weighted by molar-refractivity contribution is 0.488. The molecule has 0 unspecified atom stereocenters. The maximum atomic E-state index is 7.11. The fourth-order valence-electron chi connectivity index (χ4n) is 14.3. The summed E-state index contributed by atoms with van der Waals surface area (Å²) in [5, 5.41) is 9.78. The van der Waals surface area contributed by atoms with Crippen LogP contribution in [0.5, 0.6) is 23.0 Å². The van der Waals surface area contributed by atoms with Gasteiger partial charge in [0.25, 0.3) is 13.4 Å². The number of fused-ring (bicyclic) bond motifs is 18. The molecule has 0 saturated heterocycles. The largest absolute Gasteiger partial charge is 0.458 e. The van der Waals surface area contributed by atoms with Crippen LogP contribution in [-0.2, 0) is 0 Å². The molecule has 4 aromatic heterocycles. The Hall–Kier alpha value is -10.0. The smallest absolute Gasteiger partial charge is 0.252 e. The summed E-state index contributed by atoms with van der Waals surface area (Å²) >= 11 is 0. The topological polar surface area (TPSA) is 27.3 Å². The second-order valence-electron chi connectivity index (χ2n) is 21.3. The van der Waals surface area contributed by atoms with E-state index in [9.17, 15) is 0 Å². The van der Waals surface area contributed by atoms with Gasteiger partial charge in [-0.15, -0.1) is 0 Å². The van der Waals surface area contributed by atoms with Crippen LogP contribution in [0.1, 0.15) is 0 Å². The van der Waals surface area contributed by atoms with Gasteiger partial charge in [0.15, 0.2) is 0 Å². The fourth-order valence-corrected chi connectivity index (χ4v) is 14.3. The van der Waals surface area contributed by atoms with Crippen molar-refractivity contribution < 1.29 is 9.47 Å². The Morgan fingerprint density at radius 3 is 1.46 bits per heavy atom. The first-order chi connectivity index (χ1) is 38.7. The lowest BCUT2D eigenvalue weighted by Gasteiger charge is -2.29. The van der Waals surface area contributed by atoms with Crippen LogP contribution in [-0.4, -0.2) is 22.2 Å². The average Bonchev–Trinajstić information content (AvgIpc) is 4.43. The molecule has 4 nitrogen and oxygen atoms in total. The molecule has 78 heavy (non-hydrogen) atoms. The van der Waals surface area contributed by atoms with Gasteiger partial charge in [0.05, 0.1) is 38.5 Å². The molecule has 6 heteroatoms. The van der Waals surface area contributed by atoms with Crippen molar-refractivity contribution in [1.82, 2.24) is 8.80 Å². The number of nitrogens with zero attached hydrogens (tertiary/aromatic N) is 2. The predicted molar refractivity (Wildman–Crippen MR) is 327 cm³/mol. The Morgan fingerprint density at radius 2 is 0.744 bits per heavy atom. The quantitative estimate of drug-likeness (QED) is 0.161. The molecule has 0 bridgehead atoms. The molecule has 0 aliphatic carbocycles. The lowest BCUT2D eigenvalue weighted by atomic mass is 9.34. The summed E-state index contributed by atoms with van der Waals surface area (Å²) in [5.41, 5.74) is 21.7. The normalized spacial score (nSPS) is 13.0. The minimum atomic E-state index is -0.0676. The van der Waals surface area contributed by atoms with Crippen molar-refractivity contribution in [2.45, 2.75) is 0 Å². The van der Waals surface area contributed by atoms with E-state index >= 15 is 0 Å². The van der Waals surface area contributed by atoms with E-state index in [2.05, 4.69) is 264 Å². The molecule has 0 fully saturated rings. The van der Waals surface area contributed by atoms with Gasteiger partial charge in [-0.3, -0.25) is 0 Å². The van der Waals surface area contributed by atoms with E-state index in [1.54, 1.807) is 0 Å². The minimum Gasteiger partial charge on any atom is -0.458 e. The van der Waals surface area contributed by atoms with Crippen LogP contribution in [0.25, 0.3) is 110 Å². The second-order valence-corrected chi connectivity index (χ2v) is 21.3. The molecule has 0 spiro atoms. The standard InChI is InChI=1S/C72H42B2N2O2/c1-2-18-44(19-3-1)47-20-5-10-26-56(47)74-58-28-12-16-32-64(58)77-66-42-54-50-39-38-46(40-63(50)76-61-30-14-7-23-51(61)67(69(66)74)70(54)76)43-34-36-45(37-35-43)48-21-4-9-25-55(48)73-57-27-11-17-33-65(57)78-72-59(73)41-53-49-22-6-13-29-60(49)75-62-31-15-8-24-52(62)68(72)71(53)75/h1-42H. The predicted octanol–water partition coefficient (Wildman–Crippen LogP) is 14.2. The molecule has 0 saturated carbocycles. The third-order valence-electron chi connectivity index (χ3n) is 17.5. The van der Waals surface area contributed by atoms with Gasteiger partial charge in [-0.2, -0.15) is 0 Å². The molecule has 0 amide bonds. The van der Waals surface area contributed by atoms with Crippen LogP contribution in [0.2, 0.25) is 0 Å². The fraction of sp³-hybridized carbons (Fsp3) is 0. The Bertz CT molecular complexity index is 5170. The van der Waals surface area contributed by atoms with Gasteiger partial charge in [0.2, 0.25) is 0 Å². The molecular formula is C72H42B2N2O2. The zero-order chi connectivity index (χ0) is 50.7. The number of benzene rings is 12. The molecular weight excluding hydrogens is 946 g/mol. The number of aromatic nitrogens is 2. The summed E-state index contributed by atoms with van der Waals surface area (Å²) in [4.78, 5) is 0. The first kappa shape index (κ1) is 42.2. The van der Waals surface area contributed by atoms with Crippen molar-refractivity contribution in [2.24, 2.45) is 0 Å². The molecule has 0 radical (unpaired) electrons. The monoisotopic (exact) mass is 988 g/mol. The summed E-state index contributed by atoms with van der Waals surface area (Å²) in [6.07, 6.45) is 0. The zero-order valence-corrected chi connectivity index (χ0v) is 42.1. The average molecular weight is 989 g/mol. The van der Waals surface area contributed by atoms with Crippen molar-refractivity contribution in [2.75, 3.05) is 0 Å². The summed E-state index contributed by atoms with van der Waals surface area (Å²) in [5.74, 6) is 3.67. The highest BCUT2D eigenvalue weighted by Gasteiger charge is 2.39. The van der Waals surface area contributed by atoms with Crippen molar-refractivity contribution in [3.8, 4) is 56.4 Å². The first-order valence-corrected chi connectivity index (χ1v) is 27.1. The number of rotatable bonds is 5. The van der Waals surface area contributed by atoms with E-state index in [0.717, 1.165) is 23.0 Å². The van der Waals surface area contributed by atoms with Crippen molar-refractivity contribution >= 4 is 122 Å². The summed E-state index contributed by atoms with van der Waals surface area (Å²) in [6, 6.07) is 93.6. The van der Waals surface area contributed by atoms with Gasteiger partial charge < -0.3 is 18.3 Å². The number of para-hydroxylation sites is 5. The highest BCUT2D eigenvalue weighted by molar-refractivity contribution is 6.99. The summed E-state index contributed by atoms with van der Waals surface area (Å²) in [7, 11) is 0. The number of hydrogen-bond acceptors (Lipinski definition) is 2. The maximum Gasteiger partial charge on any atom is 0.252 e. The third-order valence-corrected chi connectivity index (χ3v) is 17.5. The van der Waals surface area contributed by atoms with Crippen molar-refractivity contribution in [3.05, 3.63) is 255 Å². The first-order valence-electron chi connectivity index (χ1n) is 27.1. The molecule has 12 aromatic carbocycles. The zero-order valence-electron chi connectivity index (χ0n) is 42.1. The molecule has 16 aromatic rings. The Kier molecular flexibility index (Phi) is 8.53. The van der Waals surface area contributed by atoms with Gasteiger partial charge in [0.1, 0.15) is 23.0 Å². The van der Waals surface area contributed by atoms with Gasteiger partial charge in [-0.1, -0.05) is 223 Å². The Balaban J connectivity index is 0.791. The highest BCUT2D eigenvalue weighted by atomic mass is 16.5. The van der Waals surface area contributed by atoms with E-state index in [1.165, 1.54) is 142 Å². The Labute approximate surface area is 449 Å².